The van der Waals surface area contributed by atoms with E-state index in [0.29, 0.717) is 31.8 Å². The average Bonchev–Trinajstić information content (AvgIpc) is 2.81. The van der Waals surface area contributed by atoms with Gasteiger partial charge in [-0.1, -0.05) is 24.3 Å². The predicted octanol–water partition coefficient (Wildman–Crippen LogP) is 3.70. The molecule has 2 aromatic heterocycles. The molecule has 1 amide bonds. The van der Waals surface area contributed by atoms with Crippen LogP contribution in [0.1, 0.15) is 23.1 Å². The molecule has 0 spiro atoms. The van der Waals surface area contributed by atoms with E-state index in [-0.39, 0.29) is 24.4 Å². The lowest BCUT2D eigenvalue weighted by Crippen LogP contribution is -2.46. The van der Waals surface area contributed by atoms with Crippen molar-refractivity contribution in [3.63, 3.8) is 0 Å². The molecule has 1 aromatic carbocycles. The standard InChI is InChI=1S/C25H28FN5O2/c1-18-13-20(29-24-9-5-6-10-27-24)14-22(28-18)23-16-31(11-12-33-23)25(32)17-30(2)15-19-7-3-4-8-21(19)26/h3-10,13-14,23H,11-12,15-17H2,1-2H3,(H,27,28,29). The Morgan fingerprint density at radius 1 is 1.24 bits per heavy atom. The first kappa shape index (κ1) is 22.8. The van der Waals surface area contributed by atoms with E-state index in [2.05, 4.69) is 15.3 Å². The third-order valence-electron chi connectivity index (χ3n) is 5.46. The number of nitrogens with one attached hydrogen (secondary N) is 1. The normalized spacial score (nSPS) is 16.1. The van der Waals surface area contributed by atoms with Gasteiger partial charge in [0.1, 0.15) is 17.7 Å². The number of aromatic nitrogens is 2. The summed E-state index contributed by atoms with van der Waals surface area (Å²) in [5.41, 5.74) is 3.06. The first-order valence-electron chi connectivity index (χ1n) is 11.0. The zero-order valence-corrected chi connectivity index (χ0v) is 18.9. The number of benzene rings is 1. The van der Waals surface area contributed by atoms with Crippen LogP contribution in [-0.4, -0.2) is 59.0 Å². The van der Waals surface area contributed by atoms with E-state index >= 15 is 0 Å². The van der Waals surface area contributed by atoms with E-state index in [4.69, 9.17) is 4.74 Å². The summed E-state index contributed by atoms with van der Waals surface area (Å²) >= 11 is 0. The second-order valence-electron chi connectivity index (χ2n) is 8.22. The van der Waals surface area contributed by atoms with Gasteiger partial charge in [-0.15, -0.1) is 0 Å². The maximum atomic E-state index is 13.9. The highest BCUT2D eigenvalue weighted by Gasteiger charge is 2.27. The Morgan fingerprint density at radius 3 is 2.85 bits per heavy atom. The molecule has 3 aromatic rings. The summed E-state index contributed by atoms with van der Waals surface area (Å²) in [7, 11) is 1.82. The lowest BCUT2D eigenvalue weighted by molar-refractivity contribution is -0.140. The number of amides is 1. The Kier molecular flexibility index (Phi) is 7.26. The van der Waals surface area contributed by atoms with Crippen molar-refractivity contribution in [3.8, 4) is 0 Å². The quantitative estimate of drug-likeness (QED) is 0.593. The molecular weight excluding hydrogens is 421 g/mol. The monoisotopic (exact) mass is 449 g/mol. The molecular formula is C25H28FN5O2. The van der Waals surface area contributed by atoms with E-state index in [1.54, 1.807) is 29.3 Å². The maximum Gasteiger partial charge on any atom is 0.236 e. The smallest absolute Gasteiger partial charge is 0.236 e. The molecule has 7 nitrogen and oxygen atoms in total. The highest BCUT2D eigenvalue weighted by molar-refractivity contribution is 5.78. The fourth-order valence-electron chi connectivity index (χ4n) is 3.87. The number of morpholine rings is 1. The van der Waals surface area contributed by atoms with Crippen molar-refractivity contribution in [2.45, 2.75) is 19.6 Å². The van der Waals surface area contributed by atoms with Crippen LogP contribution in [0.5, 0.6) is 0 Å². The van der Waals surface area contributed by atoms with Crippen molar-refractivity contribution >= 4 is 17.4 Å². The Morgan fingerprint density at radius 2 is 2.06 bits per heavy atom. The number of ether oxygens (including phenoxy) is 1. The third-order valence-corrected chi connectivity index (χ3v) is 5.46. The number of hydrogen-bond acceptors (Lipinski definition) is 6. The summed E-state index contributed by atoms with van der Waals surface area (Å²) in [6.45, 7) is 3.88. The van der Waals surface area contributed by atoms with Gasteiger partial charge in [0, 0.05) is 36.2 Å². The Balaban J connectivity index is 1.39. The predicted molar refractivity (Wildman–Crippen MR) is 125 cm³/mol. The molecule has 8 heteroatoms. The molecule has 1 saturated heterocycles. The molecule has 1 N–H and O–H groups in total. The van der Waals surface area contributed by atoms with E-state index in [1.165, 1.54) is 6.07 Å². The van der Waals surface area contributed by atoms with Crippen LogP contribution in [-0.2, 0) is 16.1 Å². The van der Waals surface area contributed by atoms with Gasteiger partial charge in [-0.3, -0.25) is 14.7 Å². The molecule has 1 unspecified atom stereocenters. The zero-order chi connectivity index (χ0) is 23.2. The van der Waals surface area contributed by atoms with E-state index in [0.717, 1.165) is 22.9 Å². The fourth-order valence-corrected chi connectivity index (χ4v) is 3.87. The average molecular weight is 450 g/mol. The van der Waals surface area contributed by atoms with Gasteiger partial charge in [-0.05, 0) is 44.3 Å². The van der Waals surface area contributed by atoms with Gasteiger partial charge in [-0.2, -0.15) is 0 Å². The van der Waals surface area contributed by atoms with Crippen molar-refractivity contribution in [1.82, 2.24) is 19.8 Å². The van der Waals surface area contributed by atoms with Crippen LogP contribution < -0.4 is 5.32 Å². The second kappa shape index (κ2) is 10.5. The van der Waals surface area contributed by atoms with Crippen LogP contribution in [0.15, 0.2) is 60.8 Å². The summed E-state index contributed by atoms with van der Waals surface area (Å²) in [6, 6.07) is 16.2. The van der Waals surface area contributed by atoms with Gasteiger partial charge in [-0.25, -0.2) is 9.37 Å². The largest absolute Gasteiger partial charge is 0.368 e. The van der Waals surface area contributed by atoms with Crippen molar-refractivity contribution in [2.75, 3.05) is 38.6 Å². The zero-order valence-electron chi connectivity index (χ0n) is 18.9. The Bertz CT molecular complexity index is 1100. The minimum Gasteiger partial charge on any atom is -0.368 e. The molecule has 33 heavy (non-hydrogen) atoms. The minimum atomic E-state index is -0.316. The number of carbonyl (C=O) groups is 1. The lowest BCUT2D eigenvalue weighted by atomic mass is 10.1. The van der Waals surface area contributed by atoms with Gasteiger partial charge >= 0.3 is 0 Å². The summed E-state index contributed by atoms with van der Waals surface area (Å²) in [5.74, 6) is 0.471. The fraction of sp³-hybridized carbons (Fsp3) is 0.320. The minimum absolute atomic E-state index is 0.0124. The Hall–Kier alpha value is -3.36. The summed E-state index contributed by atoms with van der Waals surface area (Å²) in [6.07, 6.45) is 1.41. The van der Waals surface area contributed by atoms with Crippen molar-refractivity contribution < 1.29 is 13.9 Å². The summed E-state index contributed by atoms with van der Waals surface area (Å²) < 4.78 is 19.9. The number of anilines is 2. The maximum absolute atomic E-state index is 13.9. The number of carbonyl (C=O) groups excluding carboxylic acids is 1. The molecule has 4 rings (SSSR count). The third kappa shape index (κ3) is 6.12. The van der Waals surface area contributed by atoms with E-state index < -0.39 is 0 Å². The Labute approximate surface area is 193 Å². The molecule has 1 aliphatic heterocycles. The molecule has 172 valence electrons. The van der Waals surface area contributed by atoms with Gasteiger partial charge < -0.3 is 15.0 Å². The van der Waals surface area contributed by atoms with E-state index in [1.807, 2.05) is 49.2 Å². The molecule has 0 saturated carbocycles. The second-order valence-corrected chi connectivity index (χ2v) is 8.22. The van der Waals surface area contributed by atoms with Crippen molar-refractivity contribution in [1.29, 1.82) is 0 Å². The summed E-state index contributed by atoms with van der Waals surface area (Å²) in [4.78, 5) is 25.5. The molecule has 0 aliphatic carbocycles. The number of halogens is 1. The number of aryl methyl sites for hydroxylation is 1. The SMILES string of the molecule is Cc1cc(Nc2ccccn2)cc(C2CN(C(=O)CN(C)Cc3ccccc3F)CCO2)n1. The first-order valence-corrected chi connectivity index (χ1v) is 11.0. The van der Waals surface area contributed by atoms with Crippen LogP contribution in [0.4, 0.5) is 15.9 Å². The topological polar surface area (TPSA) is 70.6 Å². The van der Waals surface area contributed by atoms with Crippen LogP contribution in [0.2, 0.25) is 0 Å². The number of pyridine rings is 2. The number of likely N-dealkylation sites (N-methyl/N-ethyl adjacent to an activating group) is 1. The van der Waals surface area contributed by atoms with Crippen molar-refractivity contribution in [3.05, 3.63) is 83.6 Å². The molecule has 1 atom stereocenters. The molecule has 0 radical (unpaired) electrons. The number of nitrogens with zero attached hydrogens (tertiary/aromatic N) is 4. The molecule has 0 bridgehead atoms. The van der Waals surface area contributed by atoms with Crippen LogP contribution in [0, 0.1) is 12.7 Å². The van der Waals surface area contributed by atoms with Crippen LogP contribution in [0.25, 0.3) is 0 Å². The van der Waals surface area contributed by atoms with Gasteiger partial charge in [0.2, 0.25) is 5.91 Å². The molecule has 3 heterocycles. The van der Waals surface area contributed by atoms with Gasteiger partial charge in [0.15, 0.2) is 0 Å². The number of rotatable bonds is 7. The number of hydrogen-bond donors (Lipinski definition) is 1. The van der Waals surface area contributed by atoms with Gasteiger partial charge in [0.05, 0.1) is 25.4 Å². The van der Waals surface area contributed by atoms with Crippen LogP contribution >= 0.6 is 0 Å². The molecule has 1 aliphatic rings. The van der Waals surface area contributed by atoms with Gasteiger partial charge in [0.25, 0.3) is 0 Å². The highest BCUT2D eigenvalue weighted by atomic mass is 19.1. The van der Waals surface area contributed by atoms with Crippen LogP contribution in [0.3, 0.4) is 0 Å². The van der Waals surface area contributed by atoms with E-state index in [9.17, 15) is 9.18 Å². The highest BCUT2D eigenvalue weighted by Crippen LogP contribution is 2.25. The lowest BCUT2D eigenvalue weighted by Gasteiger charge is -2.34. The first-order chi connectivity index (χ1) is 16.0. The van der Waals surface area contributed by atoms with Crippen molar-refractivity contribution in [2.24, 2.45) is 0 Å². The summed E-state index contributed by atoms with van der Waals surface area (Å²) in [5, 5.41) is 3.29. The molecule has 1 fully saturated rings.